The lowest BCUT2D eigenvalue weighted by Crippen LogP contribution is -2.29. The molecule has 0 saturated heterocycles. The molecule has 1 atom stereocenters. The third kappa shape index (κ3) is 4.57. The zero-order chi connectivity index (χ0) is 15.1. The summed E-state index contributed by atoms with van der Waals surface area (Å²) in [5.74, 6) is 1.54. The molecule has 1 aliphatic heterocycles. The van der Waals surface area contributed by atoms with Crippen molar-refractivity contribution in [3.8, 4) is 11.5 Å². The highest BCUT2D eigenvalue weighted by atomic mass is 79.9. The SMILES string of the molecule is NCC(NCCCCO)c1cc(Br)c2c(c1)OCCCO2. The second-order valence-electron chi connectivity index (χ2n) is 5.05. The number of hydrogen-bond acceptors (Lipinski definition) is 5. The van der Waals surface area contributed by atoms with Crippen molar-refractivity contribution in [1.29, 1.82) is 0 Å². The number of ether oxygens (including phenoxy) is 2. The molecule has 1 aromatic rings. The van der Waals surface area contributed by atoms with Crippen molar-refractivity contribution >= 4 is 15.9 Å². The van der Waals surface area contributed by atoms with Gasteiger partial charge in [0.15, 0.2) is 11.5 Å². The lowest BCUT2D eigenvalue weighted by molar-refractivity contribution is 0.282. The van der Waals surface area contributed by atoms with E-state index in [1.54, 1.807) is 0 Å². The average Bonchev–Trinajstić information content (AvgIpc) is 2.73. The molecule has 118 valence electrons. The number of unbranched alkanes of at least 4 members (excludes halogenated alkanes) is 1. The first-order chi connectivity index (χ1) is 10.3. The number of hydrogen-bond donors (Lipinski definition) is 3. The van der Waals surface area contributed by atoms with Crippen molar-refractivity contribution in [2.75, 3.05) is 32.9 Å². The van der Waals surface area contributed by atoms with Crippen LogP contribution in [0.2, 0.25) is 0 Å². The molecule has 6 heteroatoms. The molecule has 1 aromatic carbocycles. The number of aliphatic hydroxyl groups is 1. The third-order valence-electron chi connectivity index (χ3n) is 3.44. The summed E-state index contributed by atoms with van der Waals surface area (Å²) in [6.45, 7) is 2.90. The van der Waals surface area contributed by atoms with Crippen LogP contribution in [-0.2, 0) is 0 Å². The van der Waals surface area contributed by atoms with Crippen LogP contribution in [0.5, 0.6) is 11.5 Å². The number of nitrogens with two attached hydrogens (primary N) is 1. The molecule has 0 aromatic heterocycles. The van der Waals surface area contributed by atoms with Crippen molar-refractivity contribution in [3.05, 3.63) is 22.2 Å². The molecule has 0 spiro atoms. The first kappa shape index (κ1) is 16.5. The minimum atomic E-state index is 0.0668. The molecule has 1 heterocycles. The van der Waals surface area contributed by atoms with Crippen LogP contribution in [0.3, 0.4) is 0 Å². The van der Waals surface area contributed by atoms with Gasteiger partial charge in [-0.2, -0.15) is 0 Å². The highest BCUT2D eigenvalue weighted by Gasteiger charge is 2.18. The minimum absolute atomic E-state index is 0.0668. The van der Waals surface area contributed by atoms with E-state index >= 15 is 0 Å². The molecule has 0 saturated carbocycles. The van der Waals surface area contributed by atoms with Crippen LogP contribution in [-0.4, -0.2) is 38.0 Å². The summed E-state index contributed by atoms with van der Waals surface area (Å²) in [6, 6.07) is 4.10. The van der Waals surface area contributed by atoms with Gasteiger partial charge in [0, 0.05) is 25.6 Å². The van der Waals surface area contributed by atoms with Crippen LogP contribution in [0.4, 0.5) is 0 Å². The highest BCUT2D eigenvalue weighted by molar-refractivity contribution is 9.10. The summed E-state index contributed by atoms with van der Waals surface area (Å²) in [6.07, 6.45) is 2.62. The fraction of sp³-hybridized carbons (Fsp3) is 0.600. The molecule has 21 heavy (non-hydrogen) atoms. The molecule has 1 aliphatic rings. The van der Waals surface area contributed by atoms with Gasteiger partial charge in [-0.1, -0.05) is 0 Å². The molecule has 4 N–H and O–H groups in total. The Morgan fingerprint density at radius 1 is 1.29 bits per heavy atom. The summed E-state index contributed by atoms with van der Waals surface area (Å²) < 4.78 is 12.4. The van der Waals surface area contributed by atoms with E-state index < -0.39 is 0 Å². The van der Waals surface area contributed by atoms with Crippen molar-refractivity contribution in [2.45, 2.75) is 25.3 Å². The number of aliphatic hydroxyl groups excluding tert-OH is 1. The van der Waals surface area contributed by atoms with Gasteiger partial charge in [-0.3, -0.25) is 0 Å². The van der Waals surface area contributed by atoms with E-state index in [9.17, 15) is 0 Å². The first-order valence-electron chi connectivity index (χ1n) is 7.39. The Balaban J connectivity index is 2.10. The van der Waals surface area contributed by atoms with Gasteiger partial charge in [-0.25, -0.2) is 0 Å². The standard InChI is InChI=1S/C15H23BrN2O3/c16-12-8-11(13(10-17)18-4-1-2-5-19)9-14-15(12)21-7-3-6-20-14/h8-9,13,18-19H,1-7,10,17H2. The van der Waals surface area contributed by atoms with E-state index in [0.29, 0.717) is 19.8 Å². The number of fused-ring (bicyclic) bond motifs is 1. The number of benzene rings is 1. The van der Waals surface area contributed by atoms with E-state index in [0.717, 1.165) is 47.3 Å². The zero-order valence-electron chi connectivity index (χ0n) is 12.1. The van der Waals surface area contributed by atoms with E-state index in [-0.39, 0.29) is 12.6 Å². The predicted molar refractivity (Wildman–Crippen MR) is 85.9 cm³/mol. The van der Waals surface area contributed by atoms with Gasteiger partial charge in [-0.15, -0.1) is 0 Å². The normalized spacial score (nSPS) is 15.6. The fourth-order valence-electron chi connectivity index (χ4n) is 2.30. The van der Waals surface area contributed by atoms with Crippen LogP contribution in [0.15, 0.2) is 16.6 Å². The first-order valence-corrected chi connectivity index (χ1v) is 8.19. The van der Waals surface area contributed by atoms with E-state index in [4.69, 9.17) is 20.3 Å². The van der Waals surface area contributed by atoms with Crippen LogP contribution >= 0.6 is 15.9 Å². The lowest BCUT2D eigenvalue weighted by Gasteiger charge is -2.20. The maximum Gasteiger partial charge on any atom is 0.175 e. The monoisotopic (exact) mass is 358 g/mol. The van der Waals surface area contributed by atoms with Crippen molar-refractivity contribution in [1.82, 2.24) is 5.32 Å². The minimum Gasteiger partial charge on any atom is -0.490 e. The van der Waals surface area contributed by atoms with Gasteiger partial charge >= 0.3 is 0 Å². The van der Waals surface area contributed by atoms with E-state index in [1.165, 1.54) is 0 Å². The summed E-state index contributed by atoms with van der Waals surface area (Å²) in [5, 5.41) is 12.2. The Hall–Kier alpha value is -0.820. The van der Waals surface area contributed by atoms with E-state index in [1.807, 2.05) is 12.1 Å². The number of halogens is 1. The van der Waals surface area contributed by atoms with Crippen molar-refractivity contribution < 1.29 is 14.6 Å². The molecule has 0 fully saturated rings. The second-order valence-corrected chi connectivity index (χ2v) is 5.91. The Labute approximate surface area is 133 Å². The molecule has 0 aliphatic carbocycles. The molecular weight excluding hydrogens is 336 g/mol. The van der Waals surface area contributed by atoms with E-state index in [2.05, 4.69) is 21.2 Å². The average molecular weight is 359 g/mol. The quantitative estimate of drug-likeness (QED) is 0.649. The van der Waals surface area contributed by atoms with Gasteiger partial charge in [0.2, 0.25) is 0 Å². The predicted octanol–water partition coefficient (Wildman–Crippen LogP) is 1.97. The maximum atomic E-state index is 8.81. The Bertz CT molecular complexity index is 457. The van der Waals surface area contributed by atoms with Gasteiger partial charge in [0.25, 0.3) is 0 Å². The summed E-state index contributed by atoms with van der Waals surface area (Å²) >= 11 is 3.55. The molecular formula is C15H23BrN2O3. The molecule has 2 rings (SSSR count). The number of rotatable bonds is 7. The Kier molecular flexibility index (Phi) is 6.76. The maximum absolute atomic E-state index is 8.81. The van der Waals surface area contributed by atoms with Crippen LogP contribution in [0.1, 0.15) is 30.9 Å². The molecule has 0 radical (unpaired) electrons. The molecule has 0 amide bonds. The Morgan fingerprint density at radius 2 is 2.10 bits per heavy atom. The van der Waals surface area contributed by atoms with Gasteiger partial charge in [0.1, 0.15) is 0 Å². The van der Waals surface area contributed by atoms with Crippen molar-refractivity contribution in [3.63, 3.8) is 0 Å². The zero-order valence-corrected chi connectivity index (χ0v) is 13.7. The Morgan fingerprint density at radius 3 is 2.86 bits per heavy atom. The summed E-state index contributed by atoms with van der Waals surface area (Å²) in [5.41, 5.74) is 6.96. The van der Waals surface area contributed by atoms with Crippen LogP contribution < -0.4 is 20.5 Å². The summed E-state index contributed by atoms with van der Waals surface area (Å²) in [7, 11) is 0. The van der Waals surface area contributed by atoms with Gasteiger partial charge < -0.3 is 25.6 Å². The fourth-order valence-corrected chi connectivity index (χ4v) is 2.88. The summed E-state index contributed by atoms with van der Waals surface area (Å²) in [4.78, 5) is 0. The van der Waals surface area contributed by atoms with Crippen molar-refractivity contribution in [2.24, 2.45) is 5.73 Å². The molecule has 0 bridgehead atoms. The van der Waals surface area contributed by atoms with Crippen LogP contribution in [0.25, 0.3) is 0 Å². The highest BCUT2D eigenvalue weighted by Crippen LogP contribution is 2.39. The topological polar surface area (TPSA) is 76.7 Å². The lowest BCUT2D eigenvalue weighted by atomic mass is 10.1. The van der Waals surface area contributed by atoms with Gasteiger partial charge in [-0.05, 0) is 53.0 Å². The molecule has 5 nitrogen and oxygen atoms in total. The smallest absolute Gasteiger partial charge is 0.175 e. The second kappa shape index (κ2) is 8.58. The third-order valence-corrected chi connectivity index (χ3v) is 4.03. The van der Waals surface area contributed by atoms with Crippen LogP contribution in [0, 0.1) is 0 Å². The number of nitrogens with one attached hydrogen (secondary N) is 1. The molecule has 1 unspecified atom stereocenters. The largest absolute Gasteiger partial charge is 0.490 e. The van der Waals surface area contributed by atoms with Gasteiger partial charge in [0.05, 0.1) is 17.7 Å².